The zero-order valence-electron chi connectivity index (χ0n) is 11.6. The molecule has 0 N–H and O–H groups in total. The molecule has 106 valence electrons. The fraction of sp³-hybridized carbons (Fsp3) is 0.917. The van der Waals surface area contributed by atoms with Crippen molar-refractivity contribution in [3.05, 3.63) is 0 Å². The summed E-state index contributed by atoms with van der Waals surface area (Å²) >= 11 is 0. The maximum Gasteiger partial charge on any atom is 0.324 e. The van der Waals surface area contributed by atoms with E-state index < -0.39 is 22.0 Å². The molecule has 5 nitrogen and oxygen atoms in total. The highest BCUT2D eigenvalue weighted by molar-refractivity contribution is 7.89. The Bertz CT molecular complexity index is 397. The van der Waals surface area contributed by atoms with E-state index in [0.717, 1.165) is 0 Å². The van der Waals surface area contributed by atoms with Gasteiger partial charge in [0.25, 0.3) is 0 Å². The van der Waals surface area contributed by atoms with Crippen molar-refractivity contribution in [2.45, 2.75) is 46.6 Å². The number of nitrogens with zero attached hydrogens (tertiary/aromatic N) is 1. The summed E-state index contributed by atoms with van der Waals surface area (Å²) in [5, 5.41) is 0. The first-order valence-corrected chi connectivity index (χ1v) is 7.94. The molecule has 0 aromatic heterocycles. The average molecular weight is 277 g/mol. The fourth-order valence-corrected chi connectivity index (χ4v) is 4.42. The predicted molar refractivity (Wildman–Crippen MR) is 69.6 cm³/mol. The van der Waals surface area contributed by atoms with E-state index in [9.17, 15) is 13.2 Å². The van der Waals surface area contributed by atoms with Gasteiger partial charge in [-0.3, -0.25) is 4.79 Å². The Labute approximate surface area is 110 Å². The van der Waals surface area contributed by atoms with E-state index in [2.05, 4.69) is 0 Å². The molecular weight excluding hydrogens is 254 g/mol. The molecule has 0 aromatic rings. The Balaban J connectivity index is 2.84. The molecule has 1 rings (SSSR count). The highest BCUT2D eigenvalue weighted by Gasteiger charge is 2.40. The number of ether oxygens (including phenoxy) is 1. The monoisotopic (exact) mass is 277 g/mol. The molecule has 1 fully saturated rings. The van der Waals surface area contributed by atoms with Gasteiger partial charge in [0, 0.05) is 6.54 Å². The summed E-state index contributed by atoms with van der Waals surface area (Å²) in [6.07, 6.45) is 1.27. The molecular formula is C12H23NO4S. The Kier molecular flexibility index (Phi) is 4.78. The number of sulfonamides is 1. The third kappa shape index (κ3) is 3.95. The molecule has 0 amide bonds. The number of hydrogen-bond acceptors (Lipinski definition) is 4. The third-order valence-electron chi connectivity index (χ3n) is 2.74. The van der Waals surface area contributed by atoms with Crippen LogP contribution in [-0.2, 0) is 19.6 Å². The highest BCUT2D eigenvalue weighted by Crippen LogP contribution is 2.26. The second-order valence-corrected chi connectivity index (χ2v) is 7.76. The van der Waals surface area contributed by atoms with E-state index in [1.807, 2.05) is 20.8 Å². The topological polar surface area (TPSA) is 63.7 Å². The van der Waals surface area contributed by atoms with Gasteiger partial charge in [-0.2, -0.15) is 4.31 Å². The smallest absolute Gasteiger partial charge is 0.324 e. The largest absolute Gasteiger partial charge is 0.465 e. The summed E-state index contributed by atoms with van der Waals surface area (Å²) in [6.45, 7) is 8.05. The summed E-state index contributed by atoms with van der Waals surface area (Å²) in [5.41, 5.74) is -0.319. The minimum atomic E-state index is -3.40. The van der Waals surface area contributed by atoms with E-state index in [-0.39, 0.29) is 17.8 Å². The average Bonchev–Trinajstić information content (AvgIpc) is 2.62. The second-order valence-electron chi connectivity index (χ2n) is 5.84. The molecule has 0 saturated carbocycles. The van der Waals surface area contributed by atoms with Gasteiger partial charge in [0.2, 0.25) is 10.0 Å². The van der Waals surface area contributed by atoms with E-state index in [4.69, 9.17) is 4.74 Å². The SMILES string of the molecule is CCOC(=O)C1CCCN1S(=O)(=O)CC(C)(C)C. The van der Waals surface area contributed by atoms with Crippen LogP contribution >= 0.6 is 0 Å². The van der Waals surface area contributed by atoms with Gasteiger partial charge in [0.15, 0.2) is 0 Å². The summed E-state index contributed by atoms with van der Waals surface area (Å²) in [5.74, 6) is -0.372. The molecule has 1 saturated heterocycles. The van der Waals surface area contributed by atoms with E-state index in [0.29, 0.717) is 19.4 Å². The van der Waals surface area contributed by atoms with Crippen LogP contribution in [0.15, 0.2) is 0 Å². The third-order valence-corrected chi connectivity index (χ3v) is 5.12. The van der Waals surface area contributed by atoms with Crippen molar-refractivity contribution in [2.24, 2.45) is 5.41 Å². The zero-order chi connectivity index (χ0) is 14.0. The number of carbonyl (C=O) groups excluding carboxylic acids is 1. The molecule has 0 bridgehead atoms. The lowest BCUT2D eigenvalue weighted by Crippen LogP contribution is -2.44. The lowest BCUT2D eigenvalue weighted by Gasteiger charge is -2.26. The van der Waals surface area contributed by atoms with Crippen molar-refractivity contribution in [3.63, 3.8) is 0 Å². The molecule has 0 aromatic carbocycles. The summed E-state index contributed by atoms with van der Waals surface area (Å²) in [4.78, 5) is 11.7. The molecule has 0 aliphatic carbocycles. The van der Waals surface area contributed by atoms with Gasteiger partial charge < -0.3 is 4.74 Å². The molecule has 18 heavy (non-hydrogen) atoms. The number of hydrogen-bond donors (Lipinski definition) is 0. The quantitative estimate of drug-likeness (QED) is 0.728. The van der Waals surface area contributed by atoms with Crippen LogP contribution in [0.1, 0.15) is 40.5 Å². The van der Waals surface area contributed by atoms with Gasteiger partial charge in [-0.05, 0) is 25.2 Å². The van der Waals surface area contributed by atoms with Gasteiger partial charge in [0.05, 0.1) is 12.4 Å². The minimum Gasteiger partial charge on any atom is -0.465 e. The van der Waals surface area contributed by atoms with Crippen molar-refractivity contribution in [1.82, 2.24) is 4.31 Å². The summed E-state index contributed by atoms with van der Waals surface area (Å²) < 4.78 is 30.8. The summed E-state index contributed by atoms with van der Waals surface area (Å²) in [7, 11) is -3.40. The van der Waals surface area contributed by atoms with Gasteiger partial charge in [-0.1, -0.05) is 20.8 Å². The Hall–Kier alpha value is -0.620. The first-order chi connectivity index (χ1) is 8.17. The van der Waals surface area contributed by atoms with E-state index in [1.54, 1.807) is 6.92 Å². The van der Waals surface area contributed by atoms with Crippen LogP contribution in [0.5, 0.6) is 0 Å². The van der Waals surface area contributed by atoms with Crippen LogP contribution in [-0.4, -0.2) is 43.6 Å². The van der Waals surface area contributed by atoms with Gasteiger partial charge >= 0.3 is 5.97 Å². The number of carbonyl (C=O) groups is 1. The molecule has 1 atom stereocenters. The lowest BCUT2D eigenvalue weighted by molar-refractivity contribution is -0.146. The van der Waals surface area contributed by atoms with Gasteiger partial charge in [-0.15, -0.1) is 0 Å². The van der Waals surface area contributed by atoms with Crippen LogP contribution in [0.2, 0.25) is 0 Å². The van der Waals surface area contributed by atoms with Crippen LogP contribution in [0.3, 0.4) is 0 Å². The Morgan fingerprint density at radius 2 is 2.00 bits per heavy atom. The maximum absolute atomic E-state index is 12.3. The molecule has 1 heterocycles. The Morgan fingerprint density at radius 3 is 2.50 bits per heavy atom. The Morgan fingerprint density at radius 1 is 1.39 bits per heavy atom. The molecule has 1 aliphatic heterocycles. The molecule has 0 spiro atoms. The molecule has 6 heteroatoms. The standard InChI is InChI=1S/C12H23NO4S/c1-5-17-11(14)10-7-6-8-13(10)18(15,16)9-12(2,3)4/h10H,5-9H2,1-4H3. The number of rotatable bonds is 4. The van der Waals surface area contributed by atoms with Crippen LogP contribution < -0.4 is 0 Å². The summed E-state index contributed by atoms with van der Waals surface area (Å²) in [6, 6.07) is -0.628. The van der Waals surface area contributed by atoms with E-state index in [1.165, 1.54) is 4.31 Å². The predicted octanol–water partition coefficient (Wildman–Crippen LogP) is 1.39. The van der Waals surface area contributed by atoms with Gasteiger partial charge in [-0.25, -0.2) is 8.42 Å². The van der Waals surface area contributed by atoms with Crippen LogP contribution in [0.4, 0.5) is 0 Å². The number of esters is 1. The van der Waals surface area contributed by atoms with Crippen LogP contribution in [0, 0.1) is 5.41 Å². The second kappa shape index (κ2) is 5.57. The highest BCUT2D eigenvalue weighted by atomic mass is 32.2. The fourth-order valence-electron chi connectivity index (χ4n) is 2.18. The zero-order valence-corrected chi connectivity index (χ0v) is 12.4. The van der Waals surface area contributed by atoms with Crippen molar-refractivity contribution in [1.29, 1.82) is 0 Å². The molecule has 0 radical (unpaired) electrons. The minimum absolute atomic E-state index is 0.0515. The maximum atomic E-state index is 12.3. The molecule has 1 unspecified atom stereocenters. The first-order valence-electron chi connectivity index (χ1n) is 6.33. The normalized spacial score (nSPS) is 22.1. The molecule has 1 aliphatic rings. The van der Waals surface area contributed by atoms with Gasteiger partial charge in [0.1, 0.15) is 6.04 Å². The van der Waals surface area contributed by atoms with Crippen molar-refractivity contribution in [2.75, 3.05) is 18.9 Å². The van der Waals surface area contributed by atoms with E-state index >= 15 is 0 Å². The van der Waals surface area contributed by atoms with Crippen molar-refractivity contribution in [3.8, 4) is 0 Å². The van der Waals surface area contributed by atoms with Crippen molar-refractivity contribution < 1.29 is 17.9 Å². The first kappa shape index (κ1) is 15.4. The van der Waals surface area contributed by atoms with Crippen LogP contribution in [0.25, 0.3) is 0 Å². The lowest BCUT2D eigenvalue weighted by atomic mass is 10.0. The van der Waals surface area contributed by atoms with Crippen molar-refractivity contribution >= 4 is 16.0 Å².